The fraction of sp³-hybridized carbons (Fsp3) is 0.476. The molecule has 0 saturated carbocycles. The van der Waals surface area contributed by atoms with Crippen molar-refractivity contribution in [1.29, 1.82) is 0 Å². The number of hydrogen-bond acceptors (Lipinski definition) is 3. The quantitative estimate of drug-likeness (QED) is 0.525. The standard InChI is InChI=1S/C21H31N3O2/c1-6-22-19(24-15-21(5,25)18-12-9-13-26-18)23-14-20(3,4)17-11-8-7-10-16(17)2/h7-13,25H,6,14-15H2,1-5H3,(H2,22,23,24). The molecule has 26 heavy (non-hydrogen) atoms. The summed E-state index contributed by atoms with van der Waals surface area (Å²) >= 11 is 0. The normalized spacial score (nSPS) is 14.8. The van der Waals surface area contributed by atoms with Crippen LogP contribution >= 0.6 is 0 Å². The largest absolute Gasteiger partial charge is 0.466 e. The Balaban J connectivity index is 2.07. The Kier molecular flexibility index (Phi) is 6.48. The number of guanidine groups is 1. The summed E-state index contributed by atoms with van der Waals surface area (Å²) in [6.45, 7) is 12.0. The van der Waals surface area contributed by atoms with Crippen LogP contribution in [-0.2, 0) is 11.0 Å². The van der Waals surface area contributed by atoms with E-state index in [1.54, 1.807) is 25.3 Å². The molecule has 0 fully saturated rings. The average Bonchev–Trinajstić information content (AvgIpc) is 3.13. The molecule has 0 aliphatic heterocycles. The maximum absolute atomic E-state index is 10.6. The Morgan fingerprint density at radius 1 is 1.12 bits per heavy atom. The van der Waals surface area contributed by atoms with Crippen LogP contribution in [0.5, 0.6) is 0 Å². The molecule has 1 aromatic carbocycles. The van der Waals surface area contributed by atoms with Gasteiger partial charge in [-0.2, -0.15) is 0 Å². The van der Waals surface area contributed by atoms with Gasteiger partial charge in [0.2, 0.25) is 0 Å². The van der Waals surface area contributed by atoms with Crippen LogP contribution in [0.2, 0.25) is 0 Å². The molecule has 142 valence electrons. The Morgan fingerprint density at radius 3 is 2.46 bits per heavy atom. The number of aryl methyl sites for hydroxylation is 1. The molecule has 1 unspecified atom stereocenters. The maximum atomic E-state index is 10.6. The zero-order valence-corrected chi connectivity index (χ0v) is 16.5. The molecule has 0 bridgehead atoms. The molecule has 0 saturated heterocycles. The van der Waals surface area contributed by atoms with Gasteiger partial charge in [-0.25, -0.2) is 0 Å². The molecular formula is C21H31N3O2. The van der Waals surface area contributed by atoms with Gasteiger partial charge in [0.15, 0.2) is 5.96 Å². The van der Waals surface area contributed by atoms with Gasteiger partial charge in [-0.3, -0.25) is 4.99 Å². The molecule has 0 aliphatic rings. The fourth-order valence-corrected chi connectivity index (χ4v) is 2.96. The summed E-state index contributed by atoms with van der Waals surface area (Å²) in [5.41, 5.74) is 1.37. The SMILES string of the molecule is CCNC(=NCC(C)(C)c1ccccc1C)NCC(C)(O)c1ccco1. The van der Waals surface area contributed by atoms with E-state index in [-0.39, 0.29) is 5.41 Å². The van der Waals surface area contributed by atoms with Crippen LogP contribution in [0.25, 0.3) is 0 Å². The second kappa shape index (κ2) is 8.41. The first-order valence-corrected chi connectivity index (χ1v) is 9.11. The van der Waals surface area contributed by atoms with Gasteiger partial charge in [0.25, 0.3) is 0 Å². The van der Waals surface area contributed by atoms with Gasteiger partial charge in [0.1, 0.15) is 11.4 Å². The lowest BCUT2D eigenvalue weighted by Crippen LogP contribution is -2.45. The van der Waals surface area contributed by atoms with Gasteiger partial charge >= 0.3 is 0 Å². The van der Waals surface area contributed by atoms with Crippen LogP contribution in [0.15, 0.2) is 52.1 Å². The zero-order chi connectivity index (χ0) is 19.2. The Hall–Kier alpha value is -2.27. The second-order valence-corrected chi connectivity index (χ2v) is 7.50. The van der Waals surface area contributed by atoms with Gasteiger partial charge in [0.05, 0.1) is 19.4 Å². The average molecular weight is 357 g/mol. The molecule has 5 heteroatoms. The van der Waals surface area contributed by atoms with Crippen molar-refractivity contribution in [1.82, 2.24) is 10.6 Å². The van der Waals surface area contributed by atoms with Gasteiger partial charge in [-0.15, -0.1) is 0 Å². The van der Waals surface area contributed by atoms with E-state index in [9.17, 15) is 5.11 Å². The molecule has 0 aliphatic carbocycles. The van der Waals surface area contributed by atoms with E-state index >= 15 is 0 Å². The highest BCUT2D eigenvalue weighted by Gasteiger charge is 2.27. The lowest BCUT2D eigenvalue weighted by molar-refractivity contribution is 0.0386. The molecule has 5 nitrogen and oxygen atoms in total. The number of furan rings is 1. The first kappa shape index (κ1) is 20.0. The van der Waals surface area contributed by atoms with Crippen LogP contribution in [0, 0.1) is 6.92 Å². The van der Waals surface area contributed by atoms with Crippen molar-refractivity contribution in [3.05, 3.63) is 59.5 Å². The topological polar surface area (TPSA) is 69.8 Å². The minimum atomic E-state index is -1.11. The van der Waals surface area contributed by atoms with Crippen molar-refractivity contribution >= 4 is 5.96 Å². The van der Waals surface area contributed by atoms with E-state index in [1.165, 1.54) is 11.1 Å². The van der Waals surface area contributed by atoms with Gasteiger partial charge < -0.3 is 20.2 Å². The van der Waals surface area contributed by atoms with Gasteiger partial charge in [0, 0.05) is 12.0 Å². The second-order valence-electron chi connectivity index (χ2n) is 7.50. The highest BCUT2D eigenvalue weighted by Crippen LogP contribution is 2.26. The number of benzene rings is 1. The fourth-order valence-electron chi connectivity index (χ4n) is 2.96. The van der Waals surface area contributed by atoms with Crippen molar-refractivity contribution in [2.75, 3.05) is 19.6 Å². The van der Waals surface area contributed by atoms with Crippen LogP contribution in [0.1, 0.15) is 44.6 Å². The van der Waals surface area contributed by atoms with Crippen LogP contribution in [0.3, 0.4) is 0 Å². The molecule has 0 amide bonds. The first-order valence-electron chi connectivity index (χ1n) is 9.11. The number of nitrogens with zero attached hydrogens (tertiary/aromatic N) is 1. The third-order valence-electron chi connectivity index (χ3n) is 4.50. The number of hydrogen-bond donors (Lipinski definition) is 3. The Morgan fingerprint density at radius 2 is 1.85 bits per heavy atom. The zero-order valence-electron chi connectivity index (χ0n) is 16.5. The van der Waals surface area contributed by atoms with Gasteiger partial charge in [-0.1, -0.05) is 38.1 Å². The minimum Gasteiger partial charge on any atom is -0.466 e. The summed E-state index contributed by atoms with van der Waals surface area (Å²) in [4.78, 5) is 4.74. The smallest absolute Gasteiger partial charge is 0.191 e. The van der Waals surface area contributed by atoms with Crippen molar-refractivity contribution < 1.29 is 9.52 Å². The number of rotatable bonds is 7. The van der Waals surface area contributed by atoms with Crippen LogP contribution < -0.4 is 10.6 Å². The molecule has 2 aromatic rings. The maximum Gasteiger partial charge on any atom is 0.191 e. The summed E-state index contributed by atoms with van der Waals surface area (Å²) < 4.78 is 5.33. The first-order chi connectivity index (χ1) is 12.3. The number of aliphatic hydroxyl groups is 1. The van der Waals surface area contributed by atoms with E-state index in [1.807, 2.05) is 6.92 Å². The highest BCUT2D eigenvalue weighted by atomic mass is 16.4. The third kappa shape index (κ3) is 5.11. The summed E-state index contributed by atoms with van der Waals surface area (Å²) in [7, 11) is 0. The predicted octanol–water partition coefficient (Wildman–Crippen LogP) is 3.33. The summed E-state index contributed by atoms with van der Waals surface area (Å²) in [6.07, 6.45) is 1.56. The van der Waals surface area contributed by atoms with E-state index in [0.29, 0.717) is 24.8 Å². The van der Waals surface area contributed by atoms with Crippen LogP contribution in [-0.4, -0.2) is 30.7 Å². The Labute approximate surface area is 156 Å². The minimum absolute atomic E-state index is 0.0861. The molecule has 1 aromatic heterocycles. The van der Waals surface area contributed by atoms with E-state index in [0.717, 1.165) is 6.54 Å². The molecule has 2 rings (SSSR count). The van der Waals surface area contributed by atoms with Crippen molar-refractivity contribution in [2.24, 2.45) is 4.99 Å². The molecule has 1 atom stereocenters. The molecule has 0 radical (unpaired) electrons. The summed E-state index contributed by atoms with van der Waals surface area (Å²) in [5.74, 6) is 1.21. The van der Waals surface area contributed by atoms with Gasteiger partial charge in [-0.05, 0) is 44.0 Å². The predicted molar refractivity (Wildman–Crippen MR) is 106 cm³/mol. The van der Waals surface area contributed by atoms with E-state index in [2.05, 4.69) is 55.7 Å². The molecule has 1 heterocycles. The summed E-state index contributed by atoms with van der Waals surface area (Å²) in [6, 6.07) is 12.0. The van der Waals surface area contributed by atoms with Crippen LogP contribution in [0.4, 0.5) is 0 Å². The molecule has 0 spiro atoms. The Bertz CT molecular complexity index is 719. The molecule has 3 N–H and O–H groups in total. The van der Waals surface area contributed by atoms with Crippen molar-refractivity contribution in [3.8, 4) is 0 Å². The lowest BCUT2D eigenvalue weighted by atomic mass is 9.82. The monoisotopic (exact) mass is 357 g/mol. The van der Waals surface area contributed by atoms with Crippen molar-refractivity contribution in [2.45, 2.75) is 45.6 Å². The number of nitrogens with one attached hydrogen (secondary N) is 2. The number of aliphatic imine (C=N–C) groups is 1. The molecular weight excluding hydrogens is 326 g/mol. The lowest BCUT2D eigenvalue weighted by Gasteiger charge is -2.26. The highest BCUT2D eigenvalue weighted by molar-refractivity contribution is 5.79. The van der Waals surface area contributed by atoms with E-state index < -0.39 is 5.60 Å². The van der Waals surface area contributed by atoms with E-state index in [4.69, 9.17) is 9.41 Å². The third-order valence-corrected chi connectivity index (χ3v) is 4.50. The summed E-state index contributed by atoms with van der Waals surface area (Å²) in [5, 5.41) is 17.0. The van der Waals surface area contributed by atoms with Crippen molar-refractivity contribution in [3.63, 3.8) is 0 Å².